The molecule has 2 fully saturated rings. The number of fused-ring (bicyclic) bond motifs is 1. The Labute approximate surface area is 112 Å². The van der Waals surface area contributed by atoms with Gasteiger partial charge < -0.3 is 0 Å². The Hall–Kier alpha value is 1.44. The second-order valence-electron chi connectivity index (χ2n) is 4.79. The van der Waals surface area contributed by atoms with Crippen molar-refractivity contribution >= 4 is 47.8 Å². The van der Waals surface area contributed by atoms with E-state index in [2.05, 4.69) is 47.8 Å². The number of rotatable bonds is 0. The molecule has 0 saturated heterocycles. The summed E-state index contributed by atoms with van der Waals surface area (Å²) in [6, 6.07) is 0. The van der Waals surface area contributed by atoms with Crippen LogP contribution >= 0.6 is 47.8 Å². The summed E-state index contributed by atoms with van der Waals surface area (Å²) < 4.78 is -0.00627. The van der Waals surface area contributed by atoms with Crippen LogP contribution in [0.3, 0.4) is 0 Å². The van der Waals surface area contributed by atoms with Crippen LogP contribution < -0.4 is 0 Å². The van der Waals surface area contributed by atoms with Gasteiger partial charge in [-0.25, -0.2) is 0 Å². The summed E-state index contributed by atoms with van der Waals surface area (Å²) in [5, 5.41) is 0. The van der Waals surface area contributed by atoms with Gasteiger partial charge in [0.1, 0.15) is 2.14 Å². The first kappa shape index (κ1) is 11.9. The van der Waals surface area contributed by atoms with Crippen molar-refractivity contribution in [1.29, 1.82) is 0 Å². The zero-order valence-electron chi connectivity index (χ0n) is 8.32. The number of alkyl halides is 3. The first-order chi connectivity index (χ1) is 6.59. The van der Waals surface area contributed by atoms with Gasteiger partial charge in [-0.3, -0.25) is 0 Å². The van der Waals surface area contributed by atoms with Gasteiger partial charge >= 0.3 is 0 Å². The van der Waals surface area contributed by atoms with Crippen LogP contribution in [0.25, 0.3) is 0 Å². The van der Waals surface area contributed by atoms with Gasteiger partial charge in [0.2, 0.25) is 0 Å². The quantitative estimate of drug-likeness (QED) is 0.485. The SMILES string of the molecule is BrC(Br)(Br)C1CCCC2CCCCC21. The van der Waals surface area contributed by atoms with E-state index in [-0.39, 0.29) is 2.14 Å². The smallest absolute Gasteiger partial charge is 0.0596 e. The van der Waals surface area contributed by atoms with Crippen LogP contribution in [0.2, 0.25) is 0 Å². The molecule has 0 spiro atoms. The van der Waals surface area contributed by atoms with Gasteiger partial charge in [0, 0.05) is 0 Å². The molecule has 0 aliphatic heterocycles. The highest BCUT2D eigenvalue weighted by atomic mass is 80.0. The highest BCUT2D eigenvalue weighted by Crippen LogP contribution is 2.54. The van der Waals surface area contributed by atoms with Gasteiger partial charge in [0.25, 0.3) is 0 Å². The Bertz CT molecular complexity index is 195. The molecule has 3 unspecified atom stereocenters. The van der Waals surface area contributed by atoms with Crippen molar-refractivity contribution in [1.82, 2.24) is 0 Å². The van der Waals surface area contributed by atoms with E-state index in [1.165, 1.54) is 44.9 Å². The van der Waals surface area contributed by atoms with E-state index >= 15 is 0 Å². The Balaban J connectivity index is 2.09. The third-order valence-corrected chi connectivity index (χ3v) is 5.76. The van der Waals surface area contributed by atoms with Crippen LogP contribution in [0.1, 0.15) is 44.9 Å². The molecule has 0 N–H and O–H groups in total. The van der Waals surface area contributed by atoms with E-state index in [1.807, 2.05) is 0 Å². The van der Waals surface area contributed by atoms with Gasteiger partial charge in [-0.15, -0.1) is 0 Å². The lowest BCUT2D eigenvalue weighted by atomic mass is 9.66. The maximum Gasteiger partial charge on any atom is 0.138 e. The van der Waals surface area contributed by atoms with Crippen LogP contribution in [0, 0.1) is 17.8 Å². The fourth-order valence-electron chi connectivity index (χ4n) is 3.34. The zero-order chi connectivity index (χ0) is 10.2. The summed E-state index contributed by atoms with van der Waals surface area (Å²) in [5.41, 5.74) is 0. The van der Waals surface area contributed by atoms with E-state index in [9.17, 15) is 0 Å². The molecule has 2 aliphatic carbocycles. The minimum atomic E-state index is -0.00627. The second-order valence-corrected chi connectivity index (χ2v) is 11.7. The van der Waals surface area contributed by atoms with Crippen molar-refractivity contribution in [2.24, 2.45) is 17.8 Å². The molecule has 2 saturated carbocycles. The molecule has 14 heavy (non-hydrogen) atoms. The Kier molecular flexibility index (Phi) is 4.04. The largest absolute Gasteiger partial charge is 0.138 e. The average molecular weight is 389 g/mol. The van der Waals surface area contributed by atoms with Crippen LogP contribution in [0.5, 0.6) is 0 Å². The third kappa shape index (κ3) is 2.57. The van der Waals surface area contributed by atoms with Crippen molar-refractivity contribution in [3.63, 3.8) is 0 Å². The first-order valence-electron chi connectivity index (χ1n) is 5.66. The van der Waals surface area contributed by atoms with E-state index in [0.29, 0.717) is 0 Å². The highest BCUT2D eigenvalue weighted by molar-refractivity contribution is 9.39. The van der Waals surface area contributed by atoms with Gasteiger partial charge in [-0.2, -0.15) is 0 Å². The predicted octanol–water partition coefficient (Wildman–Crippen LogP) is 5.43. The summed E-state index contributed by atoms with van der Waals surface area (Å²) in [7, 11) is 0. The molecule has 0 aromatic heterocycles. The zero-order valence-corrected chi connectivity index (χ0v) is 13.1. The molecule has 2 aliphatic rings. The van der Waals surface area contributed by atoms with Crippen LogP contribution in [-0.2, 0) is 0 Å². The van der Waals surface area contributed by atoms with Crippen molar-refractivity contribution in [2.75, 3.05) is 0 Å². The first-order valence-corrected chi connectivity index (χ1v) is 8.03. The standard InChI is InChI=1S/C11H17Br3/c12-11(13,14)10-7-3-5-8-4-1-2-6-9(8)10/h8-10H,1-7H2. The Morgan fingerprint density at radius 2 is 1.43 bits per heavy atom. The molecule has 0 amide bonds. The molecule has 0 radical (unpaired) electrons. The van der Waals surface area contributed by atoms with Gasteiger partial charge in [0.05, 0.1) is 0 Å². The molecule has 2 rings (SSSR count). The van der Waals surface area contributed by atoms with Crippen LogP contribution in [0.4, 0.5) is 0 Å². The maximum absolute atomic E-state index is 3.74. The third-order valence-electron chi connectivity index (χ3n) is 4.00. The summed E-state index contributed by atoms with van der Waals surface area (Å²) in [6.07, 6.45) is 10.1. The minimum absolute atomic E-state index is 0.00627. The lowest BCUT2D eigenvalue weighted by Crippen LogP contribution is -2.37. The maximum atomic E-state index is 3.74. The Morgan fingerprint density at radius 3 is 2.14 bits per heavy atom. The molecule has 0 aromatic carbocycles. The molecule has 0 aromatic rings. The summed E-state index contributed by atoms with van der Waals surface area (Å²) in [4.78, 5) is 0. The molecule has 0 nitrogen and oxygen atoms in total. The van der Waals surface area contributed by atoms with E-state index in [0.717, 1.165) is 17.8 Å². The Morgan fingerprint density at radius 1 is 0.786 bits per heavy atom. The monoisotopic (exact) mass is 386 g/mol. The summed E-state index contributed by atoms with van der Waals surface area (Å²) >= 11 is 11.2. The second kappa shape index (κ2) is 4.75. The summed E-state index contributed by atoms with van der Waals surface area (Å²) in [6.45, 7) is 0. The van der Waals surface area contributed by atoms with Crippen molar-refractivity contribution in [3.05, 3.63) is 0 Å². The minimum Gasteiger partial charge on any atom is -0.0596 e. The average Bonchev–Trinajstić information content (AvgIpc) is 2.15. The van der Waals surface area contributed by atoms with Crippen molar-refractivity contribution in [3.8, 4) is 0 Å². The van der Waals surface area contributed by atoms with Gasteiger partial charge in [0.15, 0.2) is 0 Å². The highest BCUT2D eigenvalue weighted by Gasteiger charge is 2.43. The molecule has 82 valence electrons. The predicted molar refractivity (Wildman–Crippen MR) is 72.3 cm³/mol. The van der Waals surface area contributed by atoms with Crippen LogP contribution in [-0.4, -0.2) is 2.14 Å². The molecular formula is C11H17Br3. The molecular weight excluding hydrogens is 372 g/mol. The lowest BCUT2D eigenvalue weighted by molar-refractivity contribution is 0.111. The summed E-state index contributed by atoms with van der Waals surface area (Å²) in [5.74, 6) is 2.71. The fraction of sp³-hybridized carbons (Fsp3) is 1.00. The number of halogens is 3. The normalized spacial score (nSPS) is 39.2. The molecule has 3 heteroatoms. The van der Waals surface area contributed by atoms with Crippen molar-refractivity contribution < 1.29 is 0 Å². The van der Waals surface area contributed by atoms with E-state index in [1.54, 1.807) is 0 Å². The topological polar surface area (TPSA) is 0 Å². The van der Waals surface area contributed by atoms with Gasteiger partial charge in [-0.1, -0.05) is 79.9 Å². The van der Waals surface area contributed by atoms with E-state index in [4.69, 9.17) is 0 Å². The molecule has 3 atom stereocenters. The lowest BCUT2D eigenvalue weighted by Gasteiger charge is -2.44. The van der Waals surface area contributed by atoms with Crippen LogP contribution in [0.15, 0.2) is 0 Å². The molecule has 0 bridgehead atoms. The van der Waals surface area contributed by atoms with Crippen molar-refractivity contribution in [2.45, 2.75) is 47.1 Å². The number of hydrogen-bond donors (Lipinski definition) is 0. The fourth-order valence-corrected chi connectivity index (χ4v) is 5.05. The van der Waals surface area contributed by atoms with E-state index < -0.39 is 0 Å². The van der Waals surface area contributed by atoms with Gasteiger partial charge in [-0.05, 0) is 30.6 Å². The number of hydrogen-bond acceptors (Lipinski definition) is 0. The molecule has 0 heterocycles.